The first-order chi connectivity index (χ1) is 8.08. The molecule has 1 aromatic rings. The van der Waals surface area contributed by atoms with E-state index in [0.29, 0.717) is 18.1 Å². The molecule has 1 atom stereocenters. The van der Waals surface area contributed by atoms with Crippen molar-refractivity contribution in [2.24, 2.45) is 5.73 Å². The number of nitrogens with two attached hydrogens (primary N) is 1. The molecule has 0 saturated carbocycles. The third-order valence-electron chi connectivity index (χ3n) is 2.90. The van der Waals surface area contributed by atoms with E-state index in [1.807, 2.05) is 0 Å². The predicted molar refractivity (Wildman–Crippen MR) is 64.5 cm³/mol. The zero-order chi connectivity index (χ0) is 12.4. The Morgan fingerprint density at radius 1 is 1.53 bits per heavy atom. The van der Waals surface area contributed by atoms with Gasteiger partial charge < -0.3 is 10.6 Å². The lowest BCUT2D eigenvalue weighted by atomic mass is 10.1. The Hall–Kier alpha value is -1.13. The van der Waals surface area contributed by atoms with E-state index in [2.05, 4.69) is 0 Å². The molecule has 1 heterocycles. The molecule has 2 rings (SSSR count). The van der Waals surface area contributed by atoms with Crippen LogP contribution in [0.25, 0.3) is 0 Å². The smallest absolute Gasteiger partial charge is 0.256 e. The fraction of sp³-hybridized carbons (Fsp3) is 0.417. The van der Waals surface area contributed by atoms with Gasteiger partial charge in [0.25, 0.3) is 5.91 Å². The van der Waals surface area contributed by atoms with Crippen molar-refractivity contribution in [2.45, 2.75) is 18.9 Å². The van der Waals surface area contributed by atoms with Gasteiger partial charge in [0.2, 0.25) is 0 Å². The molecule has 1 saturated heterocycles. The molecule has 0 spiro atoms. The minimum atomic E-state index is -0.543. The number of likely N-dealkylation sites (tertiary alicyclic amines) is 1. The molecule has 0 aromatic heterocycles. The highest BCUT2D eigenvalue weighted by Gasteiger charge is 2.24. The van der Waals surface area contributed by atoms with Crippen LogP contribution in [-0.4, -0.2) is 29.9 Å². The molecule has 1 aliphatic heterocycles. The zero-order valence-electron chi connectivity index (χ0n) is 9.33. The molecular formula is C12H14ClFN2O. The summed E-state index contributed by atoms with van der Waals surface area (Å²) >= 11 is 5.77. The normalized spacial score (nSPS) is 20.4. The third-order valence-corrected chi connectivity index (χ3v) is 3.14. The number of hydrogen-bond acceptors (Lipinski definition) is 2. The van der Waals surface area contributed by atoms with E-state index >= 15 is 0 Å². The van der Waals surface area contributed by atoms with Crippen molar-refractivity contribution in [2.75, 3.05) is 13.1 Å². The summed E-state index contributed by atoms with van der Waals surface area (Å²) < 4.78 is 13.5. The number of hydrogen-bond donors (Lipinski definition) is 1. The van der Waals surface area contributed by atoms with Gasteiger partial charge in [-0.3, -0.25) is 4.79 Å². The number of rotatable bonds is 1. The fourth-order valence-corrected chi connectivity index (χ4v) is 2.20. The van der Waals surface area contributed by atoms with Crippen LogP contribution in [0, 0.1) is 5.82 Å². The van der Waals surface area contributed by atoms with Crippen molar-refractivity contribution in [1.29, 1.82) is 0 Å². The summed E-state index contributed by atoms with van der Waals surface area (Å²) in [5, 5.41) is 0.357. The van der Waals surface area contributed by atoms with E-state index in [-0.39, 0.29) is 17.5 Å². The van der Waals surface area contributed by atoms with Crippen LogP contribution in [0.4, 0.5) is 4.39 Å². The van der Waals surface area contributed by atoms with Gasteiger partial charge in [-0.2, -0.15) is 0 Å². The Morgan fingerprint density at radius 2 is 2.29 bits per heavy atom. The Morgan fingerprint density at radius 3 is 3.00 bits per heavy atom. The number of piperidine rings is 1. The van der Waals surface area contributed by atoms with E-state index in [4.69, 9.17) is 17.3 Å². The average molecular weight is 257 g/mol. The summed E-state index contributed by atoms with van der Waals surface area (Å²) in [7, 11) is 0. The van der Waals surface area contributed by atoms with Crippen molar-refractivity contribution >= 4 is 17.5 Å². The quantitative estimate of drug-likeness (QED) is 0.836. The van der Waals surface area contributed by atoms with Crippen molar-refractivity contribution in [3.05, 3.63) is 34.6 Å². The lowest BCUT2D eigenvalue weighted by molar-refractivity contribution is 0.0704. The van der Waals surface area contributed by atoms with Gasteiger partial charge in [-0.1, -0.05) is 11.6 Å². The van der Waals surface area contributed by atoms with Crippen LogP contribution in [0.1, 0.15) is 23.2 Å². The molecule has 2 N–H and O–H groups in total. The molecule has 1 aliphatic rings. The molecule has 0 aliphatic carbocycles. The molecule has 3 nitrogen and oxygen atoms in total. The van der Waals surface area contributed by atoms with E-state index in [9.17, 15) is 9.18 Å². The van der Waals surface area contributed by atoms with Crippen LogP contribution >= 0.6 is 11.6 Å². The number of benzene rings is 1. The highest BCUT2D eigenvalue weighted by atomic mass is 35.5. The van der Waals surface area contributed by atoms with E-state index in [1.54, 1.807) is 4.90 Å². The van der Waals surface area contributed by atoms with Gasteiger partial charge in [0.15, 0.2) is 0 Å². The van der Waals surface area contributed by atoms with Crippen LogP contribution in [0.3, 0.4) is 0 Å². The number of nitrogens with zero attached hydrogens (tertiary/aromatic N) is 1. The zero-order valence-corrected chi connectivity index (χ0v) is 10.1. The van der Waals surface area contributed by atoms with Gasteiger partial charge in [-0.25, -0.2) is 4.39 Å². The van der Waals surface area contributed by atoms with Crippen molar-refractivity contribution in [3.63, 3.8) is 0 Å². The number of carbonyl (C=O) groups is 1. The van der Waals surface area contributed by atoms with Crippen molar-refractivity contribution in [1.82, 2.24) is 4.90 Å². The van der Waals surface area contributed by atoms with Crippen molar-refractivity contribution in [3.8, 4) is 0 Å². The average Bonchev–Trinajstić information content (AvgIpc) is 2.31. The van der Waals surface area contributed by atoms with Crippen LogP contribution < -0.4 is 5.73 Å². The standard InChI is InChI=1S/C12H14ClFN2O/c13-8-3-4-11(14)10(6-8)12(17)16-5-1-2-9(15)7-16/h3-4,6,9H,1-2,5,7,15H2. The summed E-state index contributed by atoms with van der Waals surface area (Å²) in [5.41, 5.74) is 5.82. The molecule has 1 aromatic carbocycles. The van der Waals surface area contributed by atoms with E-state index < -0.39 is 5.82 Å². The number of carbonyl (C=O) groups excluding carboxylic acids is 1. The fourth-order valence-electron chi connectivity index (χ4n) is 2.03. The molecule has 92 valence electrons. The maximum Gasteiger partial charge on any atom is 0.256 e. The highest BCUT2D eigenvalue weighted by Crippen LogP contribution is 2.18. The first-order valence-corrected chi connectivity index (χ1v) is 5.95. The summed E-state index contributed by atoms with van der Waals surface area (Å²) in [6.07, 6.45) is 1.76. The Balaban J connectivity index is 2.21. The van der Waals surface area contributed by atoms with Gasteiger partial charge in [-0.15, -0.1) is 0 Å². The molecule has 5 heteroatoms. The minimum Gasteiger partial charge on any atom is -0.337 e. The second-order valence-corrected chi connectivity index (χ2v) is 4.71. The summed E-state index contributed by atoms with van der Waals surface area (Å²) in [5.74, 6) is -0.876. The summed E-state index contributed by atoms with van der Waals surface area (Å²) in [4.78, 5) is 13.7. The highest BCUT2D eigenvalue weighted by molar-refractivity contribution is 6.31. The van der Waals surface area contributed by atoms with Crippen LogP contribution in [-0.2, 0) is 0 Å². The van der Waals surface area contributed by atoms with E-state index in [1.165, 1.54) is 18.2 Å². The topological polar surface area (TPSA) is 46.3 Å². The lowest BCUT2D eigenvalue weighted by Gasteiger charge is -2.30. The van der Waals surface area contributed by atoms with Gasteiger partial charge in [0.1, 0.15) is 5.82 Å². The largest absolute Gasteiger partial charge is 0.337 e. The molecule has 0 bridgehead atoms. The molecule has 1 amide bonds. The number of amides is 1. The number of halogens is 2. The second-order valence-electron chi connectivity index (χ2n) is 4.28. The van der Waals surface area contributed by atoms with Crippen molar-refractivity contribution < 1.29 is 9.18 Å². The summed E-state index contributed by atoms with van der Waals surface area (Å²) in [6, 6.07) is 3.98. The molecule has 17 heavy (non-hydrogen) atoms. The van der Waals surface area contributed by atoms with Gasteiger partial charge >= 0.3 is 0 Å². The second kappa shape index (κ2) is 5.02. The van der Waals surface area contributed by atoms with Gasteiger partial charge in [-0.05, 0) is 31.0 Å². The maximum atomic E-state index is 13.5. The van der Waals surface area contributed by atoms with Gasteiger partial charge in [0, 0.05) is 24.2 Å². The third kappa shape index (κ3) is 2.76. The molecule has 1 unspecified atom stereocenters. The molecule has 1 fully saturated rings. The monoisotopic (exact) mass is 256 g/mol. The van der Waals surface area contributed by atoms with Gasteiger partial charge in [0.05, 0.1) is 5.56 Å². The maximum absolute atomic E-state index is 13.5. The lowest BCUT2D eigenvalue weighted by Crippen LogP contribution is -2.45. The molecule has 0 radical (unpaired) electrons. The Bertz CT molecular complexity index is 439. The molecular weight excluding hydrogens is 243 g/mol. The van der Waals surface area contributed by atoms with Crippen LogP contribution in [0.2, 0.25) is 5.02 Å². The summed E-state index contributed by atoms with van der Waals surface area (Å²) in [6.45, 7) is 1.10. The predicted octanol–water partition coefficient (Wildman–Crippen LogP) is 2.04. The van der Waals surface area contributed by atoms with E-state index in [0.717, 1.165) is 12.8 Å². The first-order valence-electron chi connectivity index (χ1n) is 5.58. The first kappa shape index (κ1) is 12.3. The van der Waals surface area contributed by atoms with Crippen LogP contribution in [0.5, 0.6) is 0 Å². The minimum absolute atomic E-state index is 0.0186. The Labute approximate surface area is 104 Å². The SMILES string of the molecule is NC1CCCN(C(=O)c2cc(Cl)ccc2F)C1. The Kier molecular flexibility index (Phi) is 3.64. The van der Waals surface area contributed by atoms with Crippen LogP contribution in [0.15, 0.2) is 18.2 Å².